The van der Waals surface area contributed by atoms with Crippen LogP contribution in [-0.4, -0.2) is 5.54 Å². The summed E-state index contributed by atoms with van der Waals surface area (Å²) in [5, 5.41) is 0. The molecule has 0 aromatic carbocycles. The Labute approximate surface area is 65.7 Å². The Morgan fingerprint density at radius 1 is 1.12 bits per heavy atom. The number of hydrogen-bond donors (Lipinski definition) is 0. The van der Waals surface area contributed by atoms with E-state index in [2.05, 4.69) is 24.1 Å². The van der Waals surface area contributed by atoms with E-state index in [1.807, 2.05) is 0 Å². The summed E-state index contributed by atoms with van der Waals surface area (Å²) in [5.41, 5.74) is 0.216. The normalized spacial score (nSPS) is 8.25. The van der Waals surface area contributed by atoms with Crippen LogP contribution in [0.25, 0.3) is 0 Å². The first-order valence-corrected chi connectivity index (χ1v) is 3.36. The standard InChI is InChI=1S/C4H9N.2CH3.Ta/c1-4(2,3)5;;;/h1-3H3;2*1H3;/q;2*-1;. The largest absolute Gasteiger partial charge is 0.358 e. The first kappa shape index (κ1) is 15.8. The van der Waals surface area contributed by atoms with Gasteiger partial charge in [0.1, 0.15) is 0 Å². The van der Waals surface area contributed by atoms with Gasteiger partial charge in [0.15, 0.2) is 0 Å². The van der Waals surface area contributed by atoms with Crippen molar-refractivity contribution in [2.45, 2.75) is 26.3 Å². The van der Waals surface area contributed by atoms with Crippen molar-refractivity contribution < 1.29 is 20.9 Å². The summed E-state index contributed by atoms with van der Waals surface area (Å²) in [4.78, 5) is 0. The molecule has 0 aromatic heterocycles. The average molecular weight is 282 g/mol. The first-order chi connectivity index (χ1) is 2.56. The molecule has 0 bridgehead atoms. The van der Waals surface area contributed by atoms with Crippen LogP contribution in [0.3, 0.4) is 0 Å². The predicted octanol–water partition coefficient (Wildman–Crippen LogP) is 2.42. The van der Waals surface area contributed by atoms with Gasteiger partial charge in [0.05, 0.1) is 0 Å². The second kappa shape index (κ2) is 5.67. The maximum absolute atomic E-state index is 4.13. The second-order valence-corrected chi connectivity index (χ2v) is 2.99. The first-order valence-electron chi connectivity index (χ1n) is 1.92. The van der Waals surface area contributed by atoms with Crippen molar-refractivity contribution in [3.8, 4) is 0 Å². The van der Waals surface area contributed by atoms with Crippen molar-refractivity contribution in [3.05, 3.63) is 14.9 Å². The van der Waals surface area contributed by atoms with Crippen LogP contribution < -0.4 is 0 Å². The molecule has 8 heavy (non-hydrogen) atoms. The Morgan fingerprint density at radius 2 is 1.25 bits per heavy atom. The van der Waals surface area contributed by atoms with Crippen LogP contribution in [0, 0.1) is 14.9 Å². The van der Waals surface area contributed by atoms with E-state index in [1.165, 1.54) is 0 Å². The predicted molar refractivity (Wildman–Crippen MR) is 35.0 cm³/mol. The molecular weight excluding hydrogens is 267 g/mol. The minimum Gasteiger partial charge on any atom is -0.358 e. The van der Waals surface area contributed by atoms with Crippen LogP contribution in [-0.2, 0) is 20.9 Å². The SMILES string of the molecule is CC(C)(C)[N]=[Ta].[CH3-].[CH3-]. The summed E-state index contributed by atoms with van der Waals surface area (Å²) in [5.74, 6) is 0. The van der Waals surface area contributed by atoms with E-state index in [1.54, 1.807) is 0 Å². The van der Waals surface area contributed by atoms with Gasteiger partial charge in [-0.2, -0.15) is 0 Å². The third-order valence-corrected chi connectivity index (χ3v) is 2.46. The van der Waals surface area contributed by atoms with Crippen LogP contribution in [0.5, 0.6) is 0 Å². The molecule has 1 nitrogen and oxygen atoms in total. The molecule has 0 aliphatic rings. The Kier molecular flexibility index (Phi) is 11.2. The molecule has 0 radical (unpaired) electrons. The Morgan fingerprint density at radius 3 is 1.25 bits per heavy atom. The van der Waals surface area contributed by atoms with E-state index < -0.39 is 0 Å². The second-order valence-electron chi connectivity index (χ2n) is 2.27. The molecule has 0 heterocycles. The van der Waals surface area contributed by atoms with E-state index in [-0.39, 0.29) is 20.4 Å². The van der Waals surface area contributed by atoms with Gasteiger partial charge in [-0.05, 0) is 0 Å². The van der Waals surface area contributed by atoms with Crippen molar-refractivity contribution >= 4 is 0 Å². The smallest absolute Gasteiger partial charge is 0.358 e. The molecular formula is C6H15NTa-2. The molecule has 0 rings (SSSR count). The Balaban J connectivity index is -0.000000125. The zero-order chi connectivity index (χ0) is 5.21. The van der Waals surface area contributed by atoms with Gasteiger partial charge in [-0.15, -0.1) is 0 Å². The fourth-order valence-electron chi connectivity index (χ4n) is 0. The van der Waals surface area contributed by atoms with Crippen molar-refractivity contribution in [1.82, 2.24) is 0 Å². The van der Waals surface area contributed by atoms with E-state index in [0.29, 0.717) is 0 Å². The minimum atomic E-state index is 0. The fraction of sp³-hybridized carbons (Fsp3) is 0.667. The molecule has 0 fully saturated rings. The van der Waals surface area contributed by atoms with Crippen LogP contribution >= 0.6 is 0 Å². The molecule has 0 unspecified atom stereocenters. The van der Waals surface area contributed by atoms with Gasteiger partial charge in [-0.1, -0.05) is 0 Å². The Hall–Kier alpha value is 0.540. The van der Waals surface area contributed by atoms with Crippen LogP contribution in [0.15, 0.2) is 3.34 Å². The van der Waals surface area contributed by atoms with Crippen LogP contribution in [0.4, 0.5) is 0 Å². The molecule has 0 saturated carbocycles. The van der Waals surface area contributed by atoms with E-state index in [9.17, 15) is 0 Å². The minimum absolute atomic E-state index is 0. The summed E-state index contributed by atoms with van der Waals surface area (Å²) >= 11 is 1.15. The topological polar surface area (TPSA) is 12.4 Å². The van der Waals surface area contributed by atoms with Crippen molar-refractivity contribution in [3.63, 3.8) is 0 Å². The molecule has 0 N–H and O–H groups in total. The van der Waals surface area contributed by atoms with Gasteiger partial charge in [-0.25, -0.2) is 0 Å². The maximum atomic E-state index is 4.13. The maximum Gasteiger partial charge on any atom is -0.358 e. The summed E-state index contributed by atoms with van der Waals surface area (Å²) in [6.45, 7) is 6.31. The number of hydrogen-bond acceptors (Lipinski definition) is 1. The van der Waals surface area contributed by atoms with Crippen molar-refractivity contribution in [2.75, 3.05) is 0 Å². The third-order valence-electron chi connectivity index (χ3n) is 0.300. The van der Waals surface area contributed by atoms with Gasteiger partial charge in [0.25, 0.3) is 0 Å². The molecule has 0 atom stereocenters. The summed E-state index contributed by atoms with van der Waals surface area (Å²) in [7, 11) is 0. The third kappa shape index (κ3) is 16.0. The van der Waals surface area contributed by atoms with Crippen molar-refractivity contribution in [1.29, 1.82) is 0 Å². The molecule has 0 aromatic rings. The molecule has 0 spiro atoms. The molecule has 2 heteroatoms. The van der Waals surface area contributed by atoms with Gasteiger partial charge in [-0.3, -0.25) is 0 Å². The molecule has 0 aliphatic carbocycles. The zero-order valence-corrected chi connectivity index (χ0v) is 9.61. The summed E-state index contributed by atoms with van der Waals surface area (Å²) < 4.78 is 4.13. The van der Waals surface area contributed by atoms with E-state index >= 15 is 0 Å². The van der Waals surface area contributed by atoms with Crippen LogP contribution in [0.1, 0.15) is 20.8 Å². The summed E-state index contributed by atoms with van der Waals surface area (Å²) in [6, 6.07) is 0. The Bertz CT molecular complexity index is 54.0. The van der Waals surface area contributed by atoms with Gasteiger partial charge in [0.2, 0.25) is 0 Å². The van der Waals surface area contributed by atoms with Crippen LogP contribution in [0.2, 0.25) is 0 Å². The quantitative estimate of drug-likeness (QED) is 0.605. The summed E-state index contributed by atoms with van der Waals surface area (Å²) in [6.07, 6.45) is 0. The number of nitrogens with zero attached hydrogens (tertiary/aromatic N) is 1. The van der Waals surface area contributed by atoms with E-state index in [4.69, 9.17) is 0 Å². The zero-order valence-electron chi connectivity index (χ0n) is 6.39. The van der Waals surface area contributed by atoms with Crippen molar-refractivity contribution in [2.24, 2.45) is 3.34 Å². The van der Waals surface area contributed by atoms with Gasteiger partial charge < -0.3 is 14.9 Å². The fourth-order valence-corrected chi connectivity index (χ4v) is 0. The van der Waals surface area contributed by atoms with Gasteiger partial charge in [0, 0.05) is 0 Å². The van der Waals surface area contributed by atoms with Gasteiger partial charge >= 0.3 is 50.5 Å². The number of rotatable bonds is 0. The molecule has 0 aliphatic heterocycles. The molecule has 51 valence electrons. The molecule has 0 saturated heterocycles. The molecule has 0 amide bonds. The van der Waals surface area contributed by atoms with E-state index in [0.717, 1.165) is 20.9 Å². The monoisotopic (exact) mass is 282 g/mol. The average Bonchev–Trinajstić information content (AvgIpc) is 1.35.